The second kappa shape index (κ2) is 6.04. The molecule has 2 unspecified atom stereocenters. The first-order valence-electron chi connectivity index (χ1n) is 7.63. The molecule has 2 heteroatoms. The van der Waals surface area contributed by atoms with Gasteiger partial charge in [-0.25, -0.2) is 0 Å². The van der Waals surface area contributed by atoms with E-state index in [4.69, 9.17) is 0 Å². The standard InChI is InChI=1S/C17H28N2/c1-13-9-10-15(11-18-13)16-8-6-5-7-14(16)12-19-17(2,3)4/h9-11,14,16,19H,5-8,12H2,1-4H3. The summed E-state index contributed by atoms with van der Waals surface area (Å²) in [6.07, 6.45) is 7.51. The molecule has 1 aliphatic rings. The van der Waals surface area contributed by atoms with E-state index in [1.807, 2.05) is 0 Å². The second-order valence-corrected chi connectivity index (χ2v) is 7.01. The molecule has 0 radical (unpaired) electrons. The first-order chi connectivity index (χ1) is 8.96. The predicted molar refractivity (Wildman–Crippen MR) is 81.4 cm³/mol. The van der Waals surface area contributed by atoms with Crippen LogP contribution in [0.25, 0.3) is 0 Å². The first-order valence-corrected chi connectivity index (χ1v) is 7.63. The van der Waals surface area contributed by atoms with Crippen molar-refractivity contribution in [3.63, 3.8) is 0 Å². The van der Waals surface area contributed by atoms with Gasteiger partial charge in [-0.1, -0.05) is 18.9 Å². The van der Waals surface area contributed by atoms with Crippen molar-refractivity contribution in [2.75, 3.05) is 6.54 Å². The molecule has 0 bridgehead atoms. The van der Waals surface area contributed by atoms with Crippen molar-refractivity contribution < 1.29 is 0 Å². The predicted octanol–water partition coefficient (Wildman–Crippen LogP) is 4.05. The van der Waals surface area contributed by atoms with E-state index in [0.29, 0.717) is 5.92 Å². The van der Waals surface area contributed by atoms with E-state index in [0.717, 1.165) is 18.2 Å². The Balaban J connectivity index is 2.05. The molecule has 19 heavy (non-hydrogen) atoms. The minimum atomic E-state index is 0.216. The Bertz CT molecular complexity index is 389. The summed E-state index contributed by atoms with van der Waals surface area (Å²) in [6.45, 7) is 9.93. The van der Waals surface area contributed by atoms with Crippen LogP contribution in [0.1, 0.15) is 63.6 Å². The normalized spacial score (nSPS) is 24.4. The fraction of sp³-hybridized carbons (Fsp3) is 0.706. The number of nitrogens with one attached hydrogen (secondary N) is 1. The van der Waals surface area contributed by atoms with Crippen molar-refractivity contribution in [3.8, 4) is 0 Å². The Morgan fingerprint density at radius 2 is 1.95 bits per heavy atom. The molecule has 2 rings (SSSR count). The van der Waals surface area contributed by atoms with E-state index in [1.165, 1.54) is 31.2 Å². The monoisotopic (exact) mass is 260 g/mol. The largest absolute Gasteiger partial charge is 0.312 e. The smallest absolute Gasteiger partial charge is 0.0372 e. The number of nitrogens with zero attached hydrogens (tertiary/aromatic N) is 1. The Kier molecular flexibility index (Phi) is 4.62. The lowest BCUT2D eigenvalue weighted by atomic mass is 9.75. The third-order valence-corrected chi connectivity index (χ3v) is 4.17. The molecule has 1 N–H and O–H groups in total. The number of hydrogen-bond donors (Lipinski definition) is 1. The molecule has 1 heterocycles. The Labute approximate surface area is 118 Å². The lowest BCUT2D eigenvalue weighted by molar-refractivity contribution is 0.269. The van der Waals surface area contributed by atoms with E-state index in [-0.39, 0.29) is 5.54 Å². The van der Waals surface area contributed by atoms with E-state index in [9.17, 15) is 0 Å². The van der Waals surface area contributed by atoms with Gasteiger partial charge in [0.15, 0.2) is 0 Å². The number of hydrogen-bond acceptors (Lipinski definition) is 2. The van der Waals surface area contributed by atoms with Crippen LogP contribution in [0.3, 0.4) is 0 Å². The highest BCUT2D eigenvalue weighted by Gasteiger charge is 2.27. The number of aromatic nitrogens is 1. The van der Waals surface area contributed by atoms with E-state index in [2.05, 4.69) is 56.3 Å². The van der Waals surface area contributed by atoms with Crippen molar-refractivity contribution in [1.29, 1.82) is 0 Å². The highest BCUT2D eigenvalue weighted by molar-refractivity contribution is 5.19. The molecule has 0 saturated heterocycles. The third-order valence-electron chi connectivity index (χ3n) is 4.17. The topological polar surface area (TPSA) is 24.9 Å². The van der Waals surface area contributed by atoms with Gasteiger partial charge in [-0.3, -0.25) is 4.98 Å². The van der Waals surface area contributed by atoms with Crippen LogP contribution in [-0.4, -0.2) is 17.1 Å². The number of rotatable bonds is 3. The third kappa shape index (κ3) is 4.31. The van der Waals surface area contributed by atoms with Crippen molar-refractivity contribution in [3.05, 3.63) is 29.6 Å². The van der Waals surface area contributed by atoms with Gasteiger partial charge in [-0.2, -0.15) is 0 Å². The molecule has 2 nitrogen and oxygen atoms in total. The zero-order valence-corrected chi connectivity index (χ0v) is 12.9. The summed E-state index contributed by atoms with van der Waals surface area (Å²) in [5, 5.41) is 3.68. The summed E-state index contributed by atoms with van der Waals surface area (Å²) in [5.41, 5.74) is 2.77. The molecule has 0 aromatic carbocycles. The molecule has 106 valence electrons. The summed E-state index contributed by atoms with van der Waals surface area (Å²) < 4.78 is 0. The molecule has 1 aliphatic carbocycles. The summed E-state index contributed by atoms with van der Waals surface area (Å²) in [6, 6.07) is 4.43. The maximum Gasteiger partial charge on any atom is 0.0372 e. The molecule has 1 saturated carbocycles. The molecule has 1 aromatic heterocycles. The van der Waals surface area contributed by atoms with Gasteiger partial charge in [0.2, 0.25) is 0 Å². The van der Waals surface area contributed by atoms with Crippen LogP contribution in [0.4, 0.5) is 0 Å². The zero-order chi connectivity index (χ0) is 13.9. The minimum Gasteiger partial charge on any atom is -0.312 e. The second-order valence-electron chi connectivity index (χ2n) is 7.01. The highest BCUT2D eigenvalue weighted by Crippen LogP contribution is 2.37. The van der Waals surface area contributed by atoms with Crippen LogP contribution in [0.2, 0.25) is 0 Å². The first kappa shape index (κ1) is 14.5. The van der Waals surface area contributed by atoms with Crippen molar-refractivity contribution in [2.45, 2.75) is 64.8 Å². The van der Waals surface area contributed by atoms with Gasteiger partial charge in [0.25, 0.3) is 0 Å². The van der Waals surface area contributed by atoms with E-state index >= 15 is 0 Å². The Morgan fingerprint density at radius 1 is 1.21 bits per heavy atom. The molecule has 1 fully saturated rings. The Hall–Kier alpha value is -0.890. The summed E-state index contributed by atoms with van der Waals surface area (Å²) in [4.78, 5) is 4.48. The van der Waals surface area contributed by atoms with Gasteiger partial charge in [0.1, 0.15) is 0 Å². The molecule has 2 atom stereocenters. The van der Waals surface area contributed by atoms with Crippen LogP contribution in [0.15, 0.2) is 18.3 Å². The van der Waals surface area contributed by atoms with Gasteiger partial charge >= 0.3 is 0 Å². The maximum atomic E-state index is 4.48. The lowest BCUT2D eigenvalue weighted by Crippen LogP contribution is -2.41. The van der Waals surface area contributed by atoms with Crippen LogP contribution < -0.4 is 5.32 Å². The molecular weight excluding hydrogens is 232 g/mol. The van der Waals surface area contributed by atoms with Gasteiger partial charge in [0.05, 0.1) is 0 Å². The average molecular weight is 260 g/mol. The van der Waals surface area contributed by atoms with Gasteiger partial charge in [0, 0.05) is 17.4 Å². The molecule has 0 aliphatic heterocycles. The summed E-state index contributed by atoms with van der Waals surface area (Å²) in [7, 11) is 0. The number of aryl methyl sites for hydroxylation is 1. The fourth-order valence-corrected chi connectivity index (χ4v) is 3.03. The van der Waals surface area contributed by atoms with Crippen molar-refractivity contribution in [2.24, 2.45) is 5.92 Å². The van der Waals surface area contributed by atoms with E-state index < -0.39 is 0 Å². The quantitative estimate of drug-likeness (QED) is 0.886. The fourth-order valence-electron chi connectivity index (χ4n) is 3.03. The summed E-state index contributed by atoms with van der Waals surface area (Å²) in [5.74, 6) is 1.45. The van der Waals surface area contributed by atoms with E-state index in [1.54, 1.807) is 0 Å². The summed E-state index contributed by atoms with van der Waals surface area (Å²) >= 11 is 0. The molecule has 1 aromatic rings. The number of pyridine rings is 1. The van der Waals surface area contributed by atoms with Crippen LogP contribution >= 0.6 is 0 Å². The van der Waals surface area contributed by atoms with Gasteiger partial charge in [-0.05, 0) is 70.5 Å². The molecular formula is C17H28N2. The van der Waals surface area contributed by atoms with Crippen molar-refractivity contribution >= 4 is 0 Å². The Morgan fingerprint density at radius 3 is 2.58 bits per heavy atom. The molecule has 0 spiro atoms. The average Bonchev–Trinajstić information content (AvgIpc) is 2.37. The molecule has 0 amide bonds. The highest BCUT2D eigenvalue weighted by atomic mass is 14.9. The zero-order valence-electron chi connectivity index (χ0n) is 12.9. The van der Waals surface area contributed by atoms with Crippen LogP contribution in [-0.2, 0) is 0 Å². The minimum absolute atomic E-state index is 0.216. The SMILES string of the molecule is Cc1ccc(C2CCCCC2CNC(C)(C)C)cn1. The van der Waals surface area contributed by atoms with Crippen molar-refractivity contribution in [1.82, 2.24) is 10.3 Å². The van der Waals surface area contributed by atoms with Gasteiger partial charge in [-0.15, -0.1) is 0 Å². The van der Waals surface area contributed by atoms with Crippen LogP contribution in [0.5, 0.6) is 0 Å². The van der Waals surface area contributed by atoms with Crippen LogP contribution in [0, 0.1) is 12.8 Å². The maximum absolute atomic E-state index is 4.48. The van der Waals surface area contributed by atoms with Gasteiger partial charge < -0.3 is 5.32 Å². The lowest BCUT2D eigenvalue weighted by Gasteiger charge is -2.34.